The molecule has 0 spiro atoms. The average molecular weight is 237 g/mol. The van der Waals surface area contributed by atoms with Crippen molar-refractivity contribution in [2.45, 2.75) is 6.92 Å². The summed E-state index contributed by atoms with van der Waals surface area (Å²) in [6, 6.07) is 3.44. The molecule has 17 heavy (non-hydrogen) atoms. The molecule has 1 rings (SSSR count). The molecule has 0 bridgehead atoms. The van der Waals surface area contributed by atoms with Crippen molar-refractivity contribution in [3.8, 4) is 0 Å². The second-order valence-corrected chi connectivity index (χ2v) is 3.91. The first-order valence-electron chi connectivity index (χ1n) is 5.63. The molecule has 0 aromatic carbocycles. The van der Waals surface area contributed by atoms with Gasteiger partial charge < -0.3 is 14.9 Å². The lowest BCUT2D eigenvalue weighted by Crippen LogP contribution is -2.33. The number of likely N-dealkylation sites (N-methyl/N-ethyl adjacent to an activating group) is 1. The van der Waals surface area contributed by atoms with E-state index in [0.717, 1.165) is 5.82 Å². The summed E-state index contributed by atoms with van der Waals surface area (Å²) in [5, 5.41) is 8.89. The van der Waals surface area contributed by atoms with Crippen molar-refractivity contribution in [3.63, 3.8) is 0 Å². The molecule has 0 saturated carbocycles. The quantitative estimate of drug-likeness (QED) is 0.815. The van der Waals surface area contributed by atoms with Crippen LogP contribution in [-0.4, -0.2) is 54.7 Å². The summed E-state index contributed by atoms with van der Waals surface area (Å²) in [4.78, 5) is 19.7. The highest BCUT2D eigenvalue weighted by atomic mass is 16.3. The average Bonchev–Trinajstić information content (AvgIpc) is 2.35. The zero-order valence-electron chi connectivity index (χ0n) is 10.6. The lowest BCUT2D eigenvalue weighted by atomic mass is 10.2. The minimum atomic E-state index is -0.0768. The van der Waals surface area contributed by atoms with Crippen LogP contribution in [0.3, 0.4) is 0 Å². The molecule has 0 radical (unpaired) electrons. The Hall–Kier alpha value is -1.62. The maximum Gasteiger partial charge on any atom is 0.254 e. The Bertz CT molecular complexity index is 380. The molecule has 1 aromatic rings. The Kier molecular flexibility index (Phi) is 4.90. The van der Waals surface area contributed by atoms with E-state index in [9.17, 15) is 4.79 Å². The van der Waals surface area contributed by atoms with E-state index < -0.39 is 0 Å². The van der Waals surface area contributed by atoms with Crippen LogP contribution in [0.4, 0.5) is 5.82 Å². The number of aromatic nitrogens is 1. The van der Waals surface area contributed by atoms with Gasteiger partial charge in [0.15, 0.2) is 0 Å². The first-order chi connectivity index (χ1) is 8.10. The van der Waals surface area contributed by atoms with E-state index in [-0.39, 0.29) is 12.5 Å². The number of amides is 1. The number of nitrogens with zero attached hydrogens (tertiary/aromatic N) is 3. The molecule has 0 aliphatic carbocycles. The van der Waals surface area contributed by atoms with Gasteiger partial charge in [-0.15, -0.1) is 0 Å². The van der Waals surface area contributed by atoms with Gasteiger partial charge in [0, 0.05) is 38.9 Å². The number of hydrogen-bond donors (Lipinski definition) is 1. The number of aliphatic hydroxyl groups excluding tert-OH is 1. The van der Waals surface area contributed by atoms with Gasteiger partial charge in [0.2, 0.25) is 0 Å². The normalized spacial score (nSPS) is 10.1. The first-order valence-corrected chi connectivity index (χ1v) is 5.63. The van der Waals surface area contributed by atoms with Crippen LogP contribution in [0.15, 0.2) is 18.3 Å². The maximum atomic E-state index is 12.1. The third-order valence-corrected chi connectivity index (χ3v) is 2.49. The van der Waals surface area contributed by atoms with Crippen LogP contribution in [0, 0.1) is 0 Å². The topological polar surface area (TPSA) is 56.7 Å². The lowest BCUT2D eigenvalue weighted by Gasteiger charge is -2.20. The summed E-state index contributed by atoms with van der Waals surface area (Å²) in [7, 11) is 3.75. The van der Waals surface area contributed by atoms with Crippen LogP contribution in [0.25, 0.3) is 0 Å². The number of carbonyl (C=O) groups excluding carboxylic acids is 1. The van der Waals surface area contributed by atoms with Gasteiger partial charge in [-0.1, -0.05) is 0 Å². The molecule has 0 saturated heterocycles. The second kappa shape index (κ2) is 6.20. The van der Waals surface area contributed by atoms with Gasteiger partial charge in [-0.3, -0.25) is 4.79 Å². The predicted octanol–water partition coefficient (Wildman–Crippen LogP) is 0.602. The number of anilines is 1. The van der Waals surface area contributed by atoms with E-state index in [2.05, 4.69) is 4.98 Å². The molecule has 0 aliphatic rings. The highest BCUT2D eigenvalue weighted by Crippen LogP contribution is 2.11. The maximum absolute atomic E-state index is 12.1. The number of aliphatic hydroxyl groups is 1. The molecule has 0 fully saturated rings. The SMILES string of the molecule is CCN(CCO)C(=O)c1ccnc(N(C)C)c1. The largest absolute Gasteiger partial charge is 0.395 e. The molecule has 0 aliphatic heterocycles. The summed E-state index contributed by atoms with van der Waals surface area (Å²) in [5.41, 5.74) is 0.596. The van der Waals surface area contributed by atoms with E-state index in [0.29, 0.717) is 18.7 Å². The molecule has 1 aromatic heterocycles. The predicted molar refractivity (Wildman–Crippen MR) is 67.2 cm³/mol. The van der Waals surface area contributed by atoms with Crippen molar-refractivity contribution in [1.29, 1.82) is 0 Å². The van der Waals surface area contributed by atoms with E-state index >= 15 is 0 Å². The van der Waals surface area contributed by atoms with Crippen LogP contribution in [0.5, 0.6) is 0 Å². The van der Waals surface area contributed by atoms with Crippen molar-refractivity contribution in [1.82, 2.24) is 9.88 Å². The van der Waals surface area contributed by atoms with Crippen LogP contribution < -0.4 is 4.90 Å². The van der Waals surface area contributed by atoms with Crippen molar-refractivity contribution < 1.29 is 9.90 Å². The standard InChI is InChI=1S/C12H19N3O2/c1-4-15(7-8-16)12(17)10-5-6-13-11(9-10)14(2)3/h5-6,9,16H,4,7-8H2,1-3H3. The van der Waals surface area contributed by atoms with Crippen molar-refractivity contribution in [2.75, 3.05) is 38.7 Å². The van der Waals surface area contributed by atoms with Crippen molar-refractivity contribution >= 4 is 11.7 Å². The van der Waals surface area contributed by atoms with Crippen LogP contribution in [0.2, 0.25) is 0 Å². The molecule has 0 atom stereocenters. The Balaban J connectivity index is 2.91. The van der Waals surface area contributed by atoms with Gasteiger partial charge in [0.05, 0.1) is 6.61 Å². The third kappa shape index (κ3) is 3.42. The minimum Gasteiger partial charge on any atom is -0.395 e. The van der Waals surface area contributed by atoms with E-state index in [1.54, 1.807) is 23.2 Å². The third-order valence-electron chi connectivity index (χ3n) is 2.49. The number of hydrogen-bond acceptors (Lipinski definition) is 4. The summed E-state index contributed by atoms with van der Waals surface area (Å²) in [5.74, 6) is 0.669. The van der Waals surface area contributed by atoms with E-state index in [1.165, 1.54) is 0 Å². The van der Waals surface area contributed by atoms with Gasteiger partial charge in [-0.05, 0) is 19.1 Å². The molecule has 0 unspecified atom stereocenters. The summed E-state index contributed by atoms with van der Waals surface area (Å²) in [6.07, 6.45) is 1.62. The fraction of sp³-hybridized carbons (Fsp3) is 0.500. The molecular formula is C12H19N3O2. The fourth-order valence-corrected chi connectivity index (χ4v) is 1.50. The smallest absolute Gasteiger partial charge is 0.254 e. The zero-order valence-corrected chi connectivity index (χ0v) is 10.6. The van der Waals surface area contributed by atoms with Gasteiger partial charge >= 0.3 is 0 Å². The first kappa shape index (κ1) is 13.4. The number of carbonyl (C=O) groups is 1. The van der Waals surface area contributed by atoms with Gasteiger partial charge in [-0.25, -0.2) is 4.98 Å². The molecule has 5 nitrogen and oxygen atoms in total. The molecule has 1 N–H and O–H groups in total. The van der Waals surface area contributed by atoms with Gasteiger partial charge in [0.1, 0.15) is 5.82 Å². The van der Waals surface area contributed by atoms with Gasteiger partial charge in [0.25, 0.3) is 5.91 Å². The Morgan fingerprint density at radius 1 is 1.47 bits per heavy atom. The zero-order chi connectivity index (χ0) is 12.8. The lowest BCUT2D eigenvalue weighted by molar-refractivity contribution is 0.0732. The number of rotatable bonds is 5. The van der Waals surface area contributed by atoms with Crippen LogP contribution in [0.1, 0.15) is 17.3 Å². The highest BCUT2D eigenvalue weighted by Gasteiger charge is 2.14. The molecule has 5 heteroatoms. The molecule has 1 amide bonds. The monoisotopic (exact) mass is 237 g/mol. The highest BCUT2D eigenvalue weighted by molar-refractivity contribution is 5.94. The van der Waals surface area contributed by atoms with Crippen LogP contribution >= 0.6 is 0 Å². The Morgan fingerprint density at radius 2 is 2.18 bits per heavy atom. The molecule has 1 heterocycles. The number of pyridine rings is 1. The fourth-order valence-electron chi connectivity index (χ4n) is 1.50. The van der Waals surface area contributed by atoms with E-state index in [4.69, 9.17) is 5.11 Å². The molecule has 94 valence electrons. The van der Waals surface area contributed by atoms with Gasteiger partial charge in [-0.2, -0.15) is 0 Å². The van der Waals surface area contributed by atoms with E-state index in [1.807, 2.05) is 25.9 Å². The molecular weight excluding hydrogens is 218 g/mol. The summed E-state index contributed by atoms with van der Waals surface area (Å²) in [6.45, 7) is 2.81. The minimum absolute atomic E-state index is 0.0226. The second-order valence-electron chi connectivity index (χ2n) is 3.91. The summed E-state index contributed by atoms with van der Waals surface area (Å²) >= 11 is 0. The Morgan fingerprint density at radius 3 is 2.71 bits per heavy atom. The van der Waals surface area contributed by atoms with Crippen molar-refractivity contribution in [3.05, 3.63) is 23.9 Å². The Labute approximate surface area is 102 Å². The van der Waals surface area contributed by atoms with Crippen LogP contribution in [-0.2, 0) is 0 Å². The van der Waals surface area contributed by atoms with Crippen molar-refractivity contribution in [2.24, 2.45) is 0 Å². The summed E-state index contributed by atoms with van der Waals surface area (Å²) < 4.78 is 0.